The van der Waals surface area contributed by atoms with Crippen molar-refractivity contribution in [2.24, 2.45) is 5.73 Å². The van der Waals surface area contributed by atoms with Crippen LogP contribution >= 0.6 is 0 Å². The van der Waals surface area contributed by atoms with Gasteiger partial charge in [-0.05, 0) is 66.9 Å². The molecular formula is C24H23FN2O3. The Morgan fingerprint density at radius 1 is 1.10 bits per heavy atom. The molecule has 1 amide bonds. The van der Waals surface area contributed by atoms with Crippen LogP contribution in [0.1, 0.15) is 21.5 Å². The molecule has 1 atom stereocenters. The van der Waals surface area contributed by atoms with E-state index in [0.29, 0.717) is 31.1 Å². The lowest BCUT2D eigenvalue weighted by atomic mass is 10.0. The molecule has 1 aliphatic rings. The first-order valence-electron chi connectivity index (χ1n) is 9.90. The van der Waals surface area contributed by atoms with Crippen molar-refractivity contribution in [3.05, 3.63) is 89.2 Å². The SMILES string of the molecule is NCCc1ccc(Oc2ccc(F)c(C(=O)NC3COc4ccccc4C3)c2)cc1. The average molecular weight is 406 g/mol. The minimum Gasteiger partial charge on any atom is -0.491 e. The van der Waals surface area contributed by atoms with Gasteiger partial charge in [-0.25, -0.2) is 4.39 Å². The van der Waals surface area contributed by atoms with Crippen LogP contribution in [0.4, 0.5) is 4.39 Å². The summed E-state index contributed by atoms with van der Waals surface area (Å²) >= 11 is 0. The molecule has 1 heterocycles. The lowest BCUT2D eigenvalue weighted by molar-refractivity contribution is 0.0911. The van der Waals surface area contributed by atoms with Gasteiger partial charge in [0.25, 0.3) is 5.91 Å². The van der Waals surface area contributed by atoms with E-state index in [2.05, 4.69) is 5.32 Å². The molecule has 0 bridgehead atoms. The number of rotatable bonds is 6. The van der Waals surface area contributed by atoms with Crippen molar-refractivity contribution in [2.45, 2.75) is 18.9 Å². The van der Waals surface area contributed by atoms with Gasteiger partial charge in [-0.1, -0.05) is 30.3 Å². The maximum absolute atomic E-state index is 14.3. The number of hydrogen-bond donors (Lipinski definition) is 2. The van der Waals surface area contributed by atoms with Crippen LogP contribution in [0, 0.1) is 5.82 Å². The number of carbonyl (C=O) groups excluding carboxylic acids is 1. The Morgan fingerprint density at radius 2 is 1.87 bits per heavy atom. The Balaban J connectivity index is 1.44. The predicted molar refractivity (Wildman–Crippen MR) is 113 cm³/mol. The minimum atomic E-state index is -0.602. The van der Waals surface area contributed by atoms with Gasteiger partial charge in [-0.2, -0.15) is 0 Å². The summed E-state index contributed by atoms with van der Waals surface area (Å²) in [7, 11) is 0. The maximum Gasteiger partial charge on any atom is 0.254 e. The molecule has 30 heavy (non-hydrogen) atoms. The molecule has 3 aromatic carbocycles. The monoisotopic (exact) mass is 406 g/mol. The molecule has 0 aliphatic carbocycles. The van der Waals surface area contributed by atoms with E-state index >= 15 is 0 Å². The summed E-state index contributed by atoms with van der Waals surface area (Å²) in [6.45, 7) is 0.921. The molecule has 4 rings (SSSR count). The summed E-state index contributed by atoms with van der Waals surface area (Å²) < 4.78 is 25.8. The first kappa shape index (κ1) is 19.9. The second-order valence-corrected chi connectivity index (χ2v) is 7.22. The van der Waals surface area contributed by atoms with Gasteiger partial charge in [-0.3, -0.25) is 4.79 Å². The fourth-order valence-electron chi connectivity index (χ4n) is 3.45. The molecule has 0 spiro atoms. The Hall–Kier alpha value is -3.38. The van der Waals surface area contributed by atoms with E-state index < -0.39 is 11.7 Å². The smallest absolute Gasteiger partial charge is 0.254 e. The van der Waals surface area contributed by atoms with Crippen molar-refractivity contribution in [2.75, 3.05) is 13.2 Å². The van der Waals surface area contributed by atoms with Gasteiger partial charge >= 0.3 is 0 Å². The fraction of sp³-hybridized carbons (Fsp3) is 0.208. The third-order valence-electron chi connectivity index (χ3n) is 4.99. The van der Waals surface area contributed by atoms with E-state index in [1.54, 1.807) is 0 Å². The van der Waals surface area contributed by atoms with Crippen molar-refractivity contribution in [3.63, 3.8) is 0 Å². The zero-order valence-electron chi connectivity index (χ0n) is 16.4. The van der Waals surface area contributed by atoms with Gasteiger partial charge in [-0.15, -0.1) is 0 Å². The lowest BCUT2D eigenvalue weighted by Gasteiger charge is -2.26. The highest BCUT2D eigenvalue weighted by Gasteiger charge is 2.23. The number of nitrogens with two attached hydrogens (primary N) is 1. The standard InChI is InChI=1S/C24H23FN2O3/c25-22-10-9-20(30-19-7-5-16(6-8-19)11-12-26)14-21(22)24(28)27-18-13-17-3-1-2-4-23(17)29-15-18/h1-10,14,18H,11-13,15,26H2,(H,27,28). The third kappa shape index (κ3) is 4.60. The predicted octanol–water partition coefficient (Wildman–Crippen LogP) is 3.85. The largest absolute Gasteiger partial charge is 0.491 e. The summed E-state index contributed by atoms with van der Waals surface area (Å²) in [4.78, 5) is 12.7. The molecule has 0 saturated carbocycles. The molecule has 1 unspecified atom stereocenters. The van der Waals surface area contributed by atoms with E-state index in [1.165, 1.54) is 18.2 Å². The Morgan fingerprint density at radius 3 is 2.67 bits per heavy atom. The normalized spacial score (nSPS) is 15.1. The van der Waals surface area contributed by atoms with Gasteiger partial charge in [0.15, 0.2) is 0 Å². The Labute approximate surface area is 174 Å². The molecule has 3 aromatic rings. The number of carbonyl (C=O) groups is 1. The zero-order valence-corrected chi connectivity index (χ0v) is 16.4. The maximum atomic E-state index is 14.3. The molecule has 6 heteroatoms. The van der Waals surface area contributed by atoms with Gasteiger partial charge < -0.3 is 20.5 Å². The zero-order chi connectivity index (χ0) is 20.9. The number of fused-ring (bicyclic) bond motifs is 1. The Bertz CT molecular complexity index is 1040. The number of nitrogens with one attached hydrogen (secondary N) is 1. The van der Waals surface area contributed by atoms with Crippen molar-refractivity contribution >= 4 is 5.91 Å². The first-order valence-corrected chi connectivity index (χ1v) is 9.90. The van der Waals surface area contributed by atoms with Gasteiger partial charge in [0.1, 0.15) is 29.7 Å². The number of para-hydroxylation sites is 1. The van der Waals surface area contributed by atoms with E-state index in [1.807, 2.05) is 48.5 Å². The van der Waals surface area contributed by atoms with E-state index in [0.717, 1.165) is 23.3 Å². The van der Waals surface area contributed by atoms with Gasteiger partial charge in [0.05, 0.1) is 11.6 Å². The third-order valence-corrected chi connectivity index (χ3v) is 4.99. The highest BCUT2D eigenvalue weighted by Crippen LogP contribution is 2.26. The average Bonchev–Trinajstić information content (AvgIpc) is 2.76. The second kappa shape index (κ2) is 8.97. The van der Waals surface area contributed by atoms with Crippen LogP contribution < -0.4 is 20.5 Å². The molecule has 5 nitrogen and oxygen atoms in total. The number of ether oxygens (including phenoxy) is 2. The van der Waals surface area contributed by atoms with E-state index in [4.69, 9.17) is 15.2 Å². The number of halogens is 1. The highest BCUT2D eigenvalue weighted by atomic mass is 19.1. The highest BCUT2D eigenvalue weighted by molar-refractivity contribution is 5.95. The molecule has 0 saturated heterocycles. The van der Waals surface area contributed by atoms with Crippen LogP contribution in [0.5, 0.6) is 17.2 Å². The molecule has 3 N–H and O–H groups in total. The van der Waals surface area contributed by atoms with Crippen molar-refractivity contribution in [1.29, 1.82) is 0 Å². The quantitative estimate of drug-likeness (QED) is 0.652. The van der Waals surface area contributed by atoms with Crippen LogP contribution in [0.15, 0.2) is 66.7 Å². The molecule has 0 aromatic heterocycles. The topological polar surface area (TPSA) is 73.6 Å². The van der Waals surface area contributed by atoms with Crippen LogP contribution in [0.3, 0.4) is 0 Å². The molecule has 0 fully saturated rings. The minimum absolute atomic E-state index is 0.0638. The Kier molecular flexibility index (Phi) is 5.95. The molecule has 1 aliphatic heterocycles. The van der Waals surface area contributed by atoms with Gasteiger partial charge in [0.2, 0.25) is 0 Å². The number of benzene rings is 3. The van der Waals surface area contributed by atoms with Crippen molar-refractivity contribution in [1.82, 2.24) is 5.32 Å². The summed E-state index contributed by atoms with van der Waals surface area (Å²) in [6.07, 6.45) is 1.42. The number of amides is 1. The summed E-state index contributed by atoms with van der Waals surface area (Å²) in [5.41, 5.74) is 7.63. The van der Waals surface area contributed by atoms with E-state index in [-0.39, 0.29) is 11.6 Å². The summed E-state index contributed by atoms with van der Waals surface area (Å²) in [6, 6.07) is 19.1. The van der Waals surface area contributed by atoms with Crippen LogP contribution in [0.25, 0.3) is 0 Å². The lowest BCUT2D eigenvalue weighted by Crippen LogP contribution is -2.43. The molecular weight excluding hydrogens is 383 g/mol. The molecule has 0 radical (unpaired) electrons. The van der Waals surface area contributed by atoms with Crippen molar-refractivity contribution < 1.29 is 18.7 Å². The number of hydrogen-bond acceptors (Lipinski definition) is 4. The first-order chi connectivity index (χ1) is 14.6. The van der Waals surface area contributed by atoms with Crippen molar-refractivity contribution in [3.8, 4) is 17.2 Å². The van der Waals surface area contributed by atoms with Crippen LogP contribution in [-0.4, -0.2) is 25.1 Å². The van der Waals surface area contributed by atoms with E-state index in [9.17, 15) is 9.18 Å². The fourth-order valence-corrected chi connectivity index (χ4v) is 3.45. The molecule has 154 valence electrons. The van der Waals surface area contributed by atoms with Crippen LogP contribution in [0.2, 0.25) is 0 Å². The summed E-state index contributed by atoms with van der Waals surface area (Å²) in [5, 5.41) is 2.86. The second-order valence-electron chi connectivity index (χ2n) is 7.22. The summed E-state index contributed by atoms with van der Waals surface area (Å²) in [5.74, 6) is 0.714. The van der Waals surface area contributed by atoms with Gasteiger partial charge in [0, 0.05) is 0 Å². The van der Waals surface area contributed by atoms with Crippen LogP contribution in [-0.2, 0) is 12.8 Å².